The van der Waals surface area contributed by atoms with Gasteiger partial charge in [-0.15, -0.1) is 10.2 Å². The molecule has 6 rings (SSSR count). The maximum Gasteiger partial charge on any atom is 0.338 e. The fourth-order valence-electron chi connectivity index (χ4n) is 6.29. The van der Waals surface area contributed by atoms with Crippen LogP contribution >= 0.6 is 0 Å². The van der Waals surface area contributed by atoms with E-state index in [2.05, 4.69) is 63.4 Å². The molecule has 3 aromatic carbocycles. The second-order valence-corrected chi connectivity index (χ2v) is 11.5. The Balaban J connectivity index is 1.27. The molecule has 0 saturated heterocycles. The van der Waals surface area contributed by atoms with Gasteiger partial charge < -0.3 is 9.47 Å². The van der Waals surface area contributed by atoms with Crippen molar-refractivity contribution in [3.63, 3.8) is 0 Å². The van der Waals surface area contributed by atoms with Crippen LogP contribution < -0.4 is 10.3 Å². The van der Waals surface area contributed by atoms with Crippen molar-refractivity contribution in [3.8, 4) is 28.3 Å². The van der Waals surface area contributed by atoms with E-state index in [4.69, 9.17) is 9.47 Å². The van der Waals surface area contributed by atoms with Crippen molar-refractivity contribution in [2.75, 3.05) is 13.2 Å². The molecule has 45 heavy (non-hydrogen) atoms. The van der Waals surface area contributed by atoms with Crippen LogP contribution in [-0.2, 0) is 17.6 Å². The fourth-order valence-corrected chi connectivity index (χ4v) is 6.29. The van der Waals surface area contributed by atoms with Crippen molar-refractivity contribution in [1.82, 2.24) is 30.0 Å². The van der Waals surface area contributed by atoms with Crippen molar-refractivity contribution in [2.45, 2.75) is 65.0 Å². The Morgan fingerprint density at radius 1 is 0.978 bits per heavy atom. The Hall–Kier alpha value is -4.99. The fraction of sp³-hybridized carbons (Fsp3) is 0.343. The van der Waals surface area contributed by atoms with E-state index in [9.17, 15) is 9.59 Å². The second kappa shape index (κ2) is 13.3. The Bertz CT molecular complexity index is 1820. The number of carbonyl (C=O) groups excluding carboxylic acids is 1. The van der Waals surface area contributed by atoms with E-state index >= 15 is 0 Å². The predicted octanol–water partition coefficient (Wildman–Crippen LogP) is 6.19. The van der Waals surface area contributed by atoms with Gasteiger partial charge in [0.15, 0.2) is 0 Å². The number of benzene rings is 3. The lowest BCUT2D eigenvalue weighted by atomic mass is 9.96. The highest BCUT2D eigenvalue weighted by Gasteiger charge is 2.31. The van der Waals surface area contributed by atoms with Crippen LogP contribution in [0.15, 0.2) is 77.6 Å². The highest BCUT2D eigenvalue weighted by Crippen LogP contribution is 2.33. The molecule has 2 aromatic heterocycles. The van der Waals surface area contributed by atoms with Crippen molar-refractivity contribution in [3.05, 3.63) is 106 Å². The van der Waals surface area contributed by atoms with E-state index in [0.717, 1.165) is 59.2 Å². The maximum atomic E-state index is 14.2. The number of hydrogen-bond acceptors (Lipinski definition) is 7. The van der Waals surface area contributed by atoms with Crippen molar-refractivity contribution in [2.24, 2.45) is 0 Å². The van der Waals surface area contributed by atoms with E-state index < -0.39 is 0 Å². The minimum atomic E-state index is -0.377. The van der Waals surface area contributed by atoms with Gasteiger partial charge in [-0.05, 0) is 73.2 Å². The van der Waals surface area contributed by atoms with Crippen LogP contribution in [0.3, 0.4) is 0 Å². The zero-order chi connectivity index (χ0) is 31.3. The van der Waals surface area contributed by atoms with Crippen molar-refractivity contribution < 1.29 is 14.3 Å². The summed E-state index contributed by atoms with van der Waals surface area (Å²) in [5, 5.41) is 14.6. The summed E-state index contributed by atoms with van der Waals surface area (Å²) in [4.78, 5) is 26.4. The number of fused-ring (bicyclic) bond motifs is 1. The van der Waals surface area contributed by atoms with Crippen LogP contribution in [0.25, 0.3) is 22.5 Å². The van der Waals surface area contributed by atoms with Gasteiger partial charge in [0.2, 0.25) is 5.82 Å². The average molecular weight is 607 g/mol. The van der Waals surface area contributed by atoms with Crippen LogP contribution in [-0.4, -0.2) is 49.2 Å². The maximum absolute atomic E-state index is 14.2. The molecule has 2 atom stereocenters. The molecule has 0 amide bonds. The molecule has 1 aliphatic rings. The molecule has 232 valence electrons. The number of carbonyl (C=O) groups is 1. The first-order valence-electron chi connectivity index (χ1n) is 15.6. The Morgan fingerprint density at radius 3 is 2.51 bits per heavy atom. The van der Waals surface area contributed by atoms with Gasteiger partial charge in [0.05, 0.1) is 18.2 Å². The van der Waals surface area contributed by atoms with Gasteiger partial charge in [0.1, 0.15) is 12.4 Å². The lowest BCUT2D eigenvalue weighted by Gasteiger charge is -2.32. The molecule has 1 N–H and O–H groups in total. The average Bonchev–Trinajstić information content (AvgIpc) is 3.70. The number of rotatable bonds is 11. The minimum Gasteiger partial charge on any atom is -0.491 e. The van der Waals surface area contributed by atoms with Crippen LogP contribution in [0.4, 0.5) is 0 Å². The molecule has 0 spiro atoms. The summed E-state index contributed by atoms with van der Waals surface area (Å²) in [6.07, 6.45) is 4.11. The molecule has 2 unspecified atom stereocenters. The molecule has 0 aliphatic carbocycles. The van der Waals surface area contributed by atoms with Crippen LogP contribution in [0, 0.1) is 0 Å². The summed E-state index contributed by atoms with van der Waals surface area (Å²) in [7, 11) is 0. The van der Waals surface area contributed by atoms with Gasteiger partial charge in [-0.1, -0.05) is 67.9 Å². The van der Waals surface area contributed by atoms with Gasteiger partial charge in [-0.2, -0.15) is 5.21 Å². The normalized spacial score (nSPS) is 15.9. The van der Waals surface area contributed by atoms with E-state index in [-0.39, 0.29) is 23.6 Å². The van der Waals surface area contributed by atoms with Crippen molar-refractivity contribution in [1.29, 1.82) is 0 Å². The standard InChI is InChI=1S/C35H38N6O4/c1-4-9-32-31(20-24-15-17-25(18-16-24)29-12-6-7-13-30(29)33-36-38-39-37-33)34(42)41-27(19-14-23(3)40(32)41)22-45-28-11-8-10-26(21-28)35(43)44-5-2/h6-8,10-13,15-18,21,23,27H,4-5,9,14,19-20,22H2,1-3H3,(H,36,37,38,39). The molecule has 5 aromatic rings. The molecule has 3 heterocycles. The Labute approximate surface area is 262 Å². The number of esters is 1. The van der Waals surface area contributed by atoms with E-state index in [1.54, 1.807) is 25.1 Å². The van der Waals surface area contributed by atoms with Crippen LogP contribution in [0.5, 0.6) is 5.75 Å². The first kappa shape index (κ1) is 30.1. The highest BCUT2D eigenvalue weighted by molar-refractivity contribution is 5.89. The summed E-state index contributed by atoms with van der Waals surface area (Å²) in [5.41, 5.74) is 6.48. The lowest BCUT2D eigenvalue weighted by molar-refractivity contribution is 0.0525. The lowest BCUT2D eigenvalue weighted by Crippen LogP contribution is -2.37. The van der Waals surface area contributed by atoms with Crippen LogP contribution in [0.1, 0.15) is 79.3 Å². The van der Waals surface area contributed by atoms with Gasteiger partial charge in [0, 0.05) is 29.3 Å². The third kappa shape index (κ3) is 6.18. The number of tetrazole rings is 1. The van der Waals surface area contributed by atoms with Gasteiger partial charge in [-0.25, -0.2) is 9.48 Å². The number of hydrogen-bond donors (Lipinski definition) is 1. The number of aromatic amines is 1. The summed E-state index contributed by atoms with van der Waals surface area (Å²) in [6, 6.07) is 23.5. The third-order valence-corrected chi connectivity index (χ3v) is 8.44. The van der Waals surface area contributed by atoms with Crippen LogP contribution in [0.2, 0.25) is 0 Å². The quantitative estimate of drug-likeness (QED) is 0.178. The van der Waals surface area contributed by atoms with E-state index in [0.29, 0.717) is 36.8 Å². The summed E-state index contributed by atoms with van der Waals surface area (Å²) in [6.45, 7) is 6.77. The third-order valence-electron chi connectivity index (χ3n) is 8.44. The molecule has 10 nitrogen and oxygen atoms in total. The molecule has 10 heteroatoms. The molecule has 0 bridgehead atoms. The Morgan fingerprint density at radius 2 is 1.78 bits per heavy atom. The Kier molecular flexibility index (Phi) is 8.91. The van der Waals surface area contributed by atoms with Crippen molar-refractivity contribution >= 4 is 5.97 Å². The number of aromatic nitrogens is 6. The largest absolute Gasteiger partial charge is 0.491 e. The number of H-pyrrole nitrogens is 1. The van der Waals surface area contributed by atoms with Gasteiger partial charge >= 0.3 is 5.97 Å². The zero-order valence-electron chi connectivity index (χ0n) is 25.9. The first-order valence-corrected chi connectivity index (χ1v) is 15.6. The molecular formula is C35H38N6O4. The first-order chi connectivity index (χ1) is 22.0. The smallest absolute Gasteiger partial charge is 0.338 e. The number of nitrogens with zero attached hydrogens (tertiary/aromatic N) is 5. The zero-order valence-corrected chi connectivity index (χ0v) is 25.9. The monoisotopic (exact) mass is 606 g/mol. The van der Waals surface area contributed by atoms with Gasteiger partial charge in [0.25, 0.3) is 5.56 Å². The predicted molar refractivity (Wildman–Crippen MR) is 171 cm³/mol. The van der Waals surface area contributed by atoms with E-state index in [1.165, 1.54) is 0 Å². The molecular weight excluding hydrogens is 568 g/mol. The number of nitrogens with one attached hydrogen (secondary N) is 1. The SMILES string of the molecule is CCCc1c(Cc2ccc(-c3ccccc3-c3nn[nH]n3)cc2)c(=O)n2n1C(C)CCC2COc1cccc(C(=O)OCC)c1. The second-order valence-electron chi connectivity index (χ2n) is 11.5. The van der Waals surface area contributed by atoms with Gasteiger partial charge in [-0.3, -0.25) is 9.48 Å². The van der Waals surface area contributed by atoms with E-state index in [1.807, 2.05) is 35.0 Å². The molecule has 1 aliphatic heterocycles. The number of ether oxygens (including phenoxy) is 2. The highest BCUT2D eigenvalue weighted by atomic mass is 16.5. The topological polar surface area (TPSA) is 117 Å². The molecule has 0 saturated carbocycles. The summed E-state index contributed by atoms with van der Waals surface area (Å²) >= 11 is 0. The molecule has 0 radical (unpaired) electrons. The summed E-state index contributed by atoms with van der Waals surface area (Å²) in [5.74, 6) is 0.753. The minimum absolute atomic E-state index is 0.0467. The molecule has 0 fully saturated rings. The summed E-state index contributed by atoms with van der Waals surface area (Å²) < 4.78 is 15.5.